The van der Waals surface area contributed by atoms with E-state index < -0.39 is 0 Å². The molecule has 0 bridgehead atoms. The molecule has 1 N–H and O–H groups in total. The molecule has 1 fully saturated rings. The molecule has 156 valence electrons. The highest BCUT2D eigenvalue weighted by Crippen LogP contribution is 2.21. The number of carbonyl (C=O) groups excluding carboxylic acids is 1. The Kier molecular flexibility index (Phi) is 5.59. The van der Waals surface area contributed by atoms with Crippen molar-refractivity contribution < 1.29 is 13.9 Å². The van der Waals surface area contributed by atoms with Crippen LogP contribution in [0.3, 0.4) is 0 Å². The van der Waals surface area contributed by atoms with E-state index in [1.807, 2.05) is 68.1 Å². The van der Waals surface area contributed by atoms with Gasteiger partial charge < -0.3 is 19.4 Å². The number of morpholine rings is 1. The molecule has 1 aromatic heterocycles. The van der Waals surface area contributed by atoms with E-state index in [4.69, 9.17) is 9.15 Å². The Morgan fingerprint density at radius 2 is 1.77 bits per heavy atom. The topological polar surface area (TPSA) is 71.8 Å². The summed E-state index contributed by atoms with van der Waals surface area (Å²) in [6.45, 7) is 7.62. The highest BCUT2D eigenvalue weighted by Gasteiger charge is 2.26. The Morgan fingerprint density at radius 3 is 2.47 bits per heavy atom. The van der Waals surface area contributed by atoms with Gasteiger partial charge in [-0.25, -0.2) is 4.79 Å². The SMILES string of the molecule is Cc1ccc2c(CNc3ccc(C(=O)N4CC(C)OC(C)C4)cc3)cc(=O)oc2c1. The summed E-state index contributed by atoms with van der Waals surface area (Å²) < 4.78 is 11.0. The van der Waals surface area contributed by atoms with Crippen LogP contribution in [-0.4, -0.2) is 36.1 Å². The number of nitrogens with zero attached hydrogens (tertiary/aromatic N) is 1. The fraction of sp³-hybridized carbons (Fsp3) is 0.333. The first-order valence-electron chi connectivity index (χ1n) is 10.2. The van der Waals surface area contributed by atoms with Gasteiger partial charge in [-0.3, -0.25) is 4.79 Å². The molecule has 1 amide bonds. The van der Waals surface area contributed by atoms with Crippen LogP contribution in [0.25, 0.3) is 11.0 Å². The summed E-state index contributed by atoms with van der Waals surface area (Å²) in [6.07, 6.45) is 0.0847. The molecule has 0 spiro atoms. The molecule has 2 heterocycles. The summed E-state index contributed by atoms with van der Waals surface area (Å²) in [5.74, 6) is 0.0191. The second-order valence-corrected chi connectivity index (χ2v) is 7.99. The molecular weight excluding hydrogens is 380 g/mol. The van der Waals surface area contributed by atoms with Crippen LogP contribution in [0.15, 0.2) is 57.7 Å². The minimum atomic E-state index is -0.361. The molecule has 0 radical (unpaired) electrons. The number of carbonyl (C=O) groups is 1. The van der Waals surface area contributed by atoms with Crippen LogP contribution < -0.4 is 10.9 Å². The molecule has 0 aliphatic carbocycles. The number of nitrogens with one attached hydrogen (secondary N) is 1. The summed E-state index contributed by atoms with van der Waals surface area (Å²) in [5.41, 5.74) is 3.68. The second kappa shape index (κ2) is 8.32. The number of ether oxygens (including phenoxy) is 1. The Hall–Kier alpha value is -3.12. The summed E-state index contributed by atoms with van der Waals surface area (Å²) in [7, 11) is 0. The summed E-state index contributed by atoms with van der Waals surface area (Å²) in [4.78, 5) is 26.5. The second-order valence-electron chi connectivity index (χ2n) is 7.99. The molecule has 3 aromatic rings. The summed E-state index contributed by atoms with van der Waals surface area (Å²) >= 11 is 0. The number of aryl methyl sites for hydroxylation is 1. The van der Waals surface area contributed by atoms with E-state index in [9.17, 15) is 9.59 Å². The van der Waals surface area contributed by atoms with Crippen LogP contribution in [0.1, 0.15) is 35.3 Å². The average molecular weight is 406 g/mol. The first-order valence-corrected chi connectivity index (χ1v) is 10.2. The smallest absolute Gasteiger partial charge is 0.336 e. The van der Waals surface area contributed by atoms with Crippen molar-refractivity contribution in [3.63, 3.8) is 0 Å². The minimum absolute atomic E-state index is 0.0191. The summed E-state index contributed by atoms with van der Waals surface area (Å²) in [5, 5.41) is 4.24. The molecule has 6 heteroatoms. The molecule has 2 aromatic carbocycles. The lowest BCUT2D eigenvalue weighted by Gasteiger charge is -2.35. The van der Waals surface area contributed by atoms with Crippen molar-refractivity contribution in [1.82, 2.24) is 4.90 Å². The van der Waals surface area contributed by atoms with E-state index in [0.717, 1.165) is 22.2 Å². The van der Waals surface area contributed by atoms with Gasteiger partial charge >= 0.3 is 5.63 Å². The molecule has 6 nitrogen and oxygen atoms in total. The van der Waals surface area contributed by atoms with Gasteiger partial charge in [-0.1, -0.05) is 12.1 Å². The molecular formula is C24H26N2O4. The van der Waals surface area contributed by atoms with E-state index in [0.29, 0.717) is 30.8 Å². The van der Waals surface area contributed by atoms with E-state index >= 15 is 0 Å². The van der Waals surface area contributed by atoms with Crippen molar-refractivity contribution >= 4 is 22.6 Å². The molecule has 2 atom stereocenters. The predicted octanol–water partition coefficient (Wildman–Crippen LogP) is 3.96. The maximum absolute atomic E-state index is 12.8. The van der Waals surface area contributed by atoms with Crippen LogP contribution in [0.2, 0.25) is 0 Å². The standard InChI is InChI=1S/C24H26N2O4/c1-15-4-9-21-19(11-23(27)30-22(21)10-15)12-25-20-7-5-18(6-8-20)24(28)26-13-16(2)29-17(3)14-26/h4-11,16-17,25H,12-14H2,1-3H3. The number of hydrogen-bond acceptors (Lipinski definition) is 5. The lowest BCUT2D eigenvalue weighted by molar-refractivity contribution is -0.0586. The third kappa shape index (κ3) is 4.39. The van der Waals surface area contributed by atoms with Gasteiger partial charge in [-0.15, -0.1) is 0 Å². The van der Waals surface area contributed by atoms with Gasteiger partial charge in [-0.05, 0) is 62.2 Å². The Labute approximate surface area is 175 Å². The quantitative estimate of drug-likeness (QED) is 0.664. The lowest BCUT2D eigenvalue weighted by Crippen LogP contribution is -2.48. The molecule has 0 saturated carbocycles. The Bertz CT molecular complexity index is 1110. The first-order chi connectivity index (χ1) is 14.4. The molecule has 4 rings (SSSR count). The van der Waals surface area contributed by atoms with Gasteiger partial charge in [0.1, 0.15) is 5.58 Å². The van der Waals surface area contributed by atoms with Crippen LogP contribution in [-0.2, 0) is 11.3 Å². The third-order valence-corrected chi connectivity index (χ3v) is 5.31. The molecule has 2 unspecified atom stereocenters. The van der Waals surface area contributed by atoms with Crippen LogP contribution >= 0.6 is 0 Å². The van der Waals surface area contributed by atoms with E-state index in [-0.39, 0.29) is 23.7 Å². The number of amides is 1. The van der Waals surface area contributed by atoms with Gasteiger partial charge in [0.2, 0.25) is 0 Å². The third-order valence-electron chi connectivity index (χ3n) is 5.31. The van der Waals surface area contributed by atoms with Crippen molar-refractivity contribution in [1.29, 1.82) is 0 Å². The van der Waals surface area contributed by atoms with Crippen molar-refractivity contribution in [2.45, 2.75) is 39.5 Å². The zero-order chi connectivity index (χ0) is 21.3. The number of rotatable bonds is 4. The zero-order valence-corrected chi connectivity index (χ0v) is 17.5. The van der Waals surface area contributed by atoms with Gasteiger partial charge in [0.25, 0.3) is 5.91 Å². The highest BCUT2D eigenvalue weighted by molar-refractivity contribution is 5.94. The van der Waals surface area contributed by atoms with E-state index in [1.54, 1.807) is 0 Å². The van der Waals surface area contributed by atoms with Crippen LogP contribution in [0.5, 0.6) is 0 Å². The fourth-order valence-electron chi connectivity index (χ4n) is 3.94. The Morgan fingerprint density at radius 1 is 1.07 bits per heavy atom. The molecule has 1 saturated heterocycles. The van der Waals surface area contributed by atoms with Crippen molar-refractivity contribution in [2.75, 3.05) is 18.4 Å². The molecule has 1 aliphatic rings. The minimum Gasteiger partial charge on any atom is -0.423 e. The zero-order valence-electron chi connectivity index (χ0n) is 17.5. The van der Waals surface area contributed by atoms with E-state index in [2.05, 4.69) is 5.32 Å². The number of fused-ring (bicyclic) bond motifs is 1. The van der Waals surface area contributed by atoms with Gasteiger partial charge in [0.05, 0.1) is 12.2 Å². The van der Waals surface area contributed by atoms with Gasteiger partial charge in [-0.2, -0.15) is 0 Å². The number of benzene rings is 2. The first kappa shape index (κ1) is 20.2. The average Bonchev–Trinajstić information content (AvgIpc) is 2.70. The normalized spacial score (nSPS) is 19.1. The van der Waals surface area contributed by atoms with Crippen molar-refractivity contribution in [2.24, 2.45) is 0 Å². The predicted molar refractivity (Wildman–Crippen MR) is 117 cm³/mol. The van der Waals surface area contributed by atoms with Crippen molar-refractivity contribution in [3.8, 4) is 0 Å². The van der Waals surface area contributed by atoms with E-state index in [1.165, 1.54) is 6.07 Å². The molecule has 1 aliphatic heterocycles. The van der Waals surface area contributed by atoms with Crippen molar-refractivity contribution in [3.05, 3.63) is 75.6 Å². The number of hydrogen-bond donors (Lipinski definition) is 1. The highest BCUT2D eigenvalue weighted by atomic mass is 16.5. The van der Waals surface area contributed by atoms with Gasteiger partial charge in [0.15, 0.2) is 0 Å². The van der Waals surface area contributed by atoms with Crippen LogP contribution in [0.4, 0.5) is 5.69 Å². The monoisotopic (exact) mass is 406 g/mol. The maximum Gasteiger partial charge on any atom is 0.336 e. The molecule has 30 heavy (non-hydrogen) atoms. The lowest BCUT2D eigenvalue weighted by atomic mass is 10.1. The fourth-order valence-corrected chi connectivity index (χ4v) is 3.94. The maximum atomic E-state index is 12.8. The Balaban J connectivity index is 1.46. The number of anilines is 1. The largest absolute Gasteiger partial charge is 0.423 e. The summed E-state index contributed by atoms with van der Waals surface area (Å²) in [6, 6.07) is 14.8. The van der Waals surface area contributed by atoms with Gasteiger partial charge in [0, 0.05) is 42.3 Å². The van der Waals surface area contributed by atoms with Crippen LogP contribution in [0, 0.1) is 6.92 Å².